The molecule has 0 aliphatic heterocycles. The molecule has 0 saturated carbocycles. The summed E-state index contributed by atoms with van der Waals surface area (Å²) in [6.07, 6.45) is -3.66. The normalized spacial score (nSPS) is 11.6. The molecular formula is C15H21F3N2O. The fourth-order valence-corrected chi connectivity index (χ4v) is 1.87. The van der Waals surface area contributed by atoms with Crippen LogP contribution >= 0.6 is 0 Å². The quantitative estimate of drug-likeness (QED) is 0.895. The van der Waals surface area contributed by atoms with Gasteiger partial charge in [-0.25, -0.2) is 0 Å². The fourth-order valence-electron chi connectivity index (χ4n) is 1.87. The number of alkyl halides is 3. The Morgan fingerprint density at radius 1 is 1.33 bits per heavy atom. The number of carbonyl (C=O) groups is 1. The predicted octanol–water partition coefficient (Wildman–Crippen LogP) is 3.87. The third kappa shape index (κ3) is 4.65. The van der Waals surface area contributed by atoms with Crippen LogP contribution in [0.25, 0.3) is 0 Å². The van der Waals surface area contributed by atoms with E-state index in [-0.39, 0.29) is 5.56 Å². The number of hydrogen-bond acceptors (Lipinski definition) is 2. The van der Waals surface area contributed by atoms with Gasteiger partial charge >= 0.3 is 6.18 Å². The van der Waals surface area contributed by atoms with Crippen molar-refractivity contribution in [2.45, 2.75) is 26.4 Å². The minimum absolute atomic E-state index is 0.0404. The molecule has 118 valence electrons. The summed E-state index contributed by atoms with van der Waals surface area (Å²) in [6.45, 7) is 4.57. The largest absolute Gasteiger partial charge is 0.416 e. The van der Waals surface area contributed by atoms with E-state index < -0.39 is 17.6 Å². The smallest absolute Gasteiger partial charge is 0.387 e. The second-order valence-electron chi connectivity index (χ2n) is 5.42. The summed E-state index contributed by atoms with van der Waals surface area (Å²) in [4.78, 5) is 13.8. The summed E-state index contributed by atoms with van der Waals surface area (Å²) in [7, 11) is 3.18. The number of carbonyl (C=O) groups excluding carboxylic acids is 1. The van der Waals surface area contributed by atoms with Gasteiger partial charge in [0.15, 0.2) is 0 Å². The lowest BCUT2D eigenvalue weighted by Crippen LogP contribution is -2.29. The maximum absolute atomic E-state index is 12.8. The van der Waals surface area contributed by atoms with E-state index in [9.17, 15) is 18.0 Å². The van der Waals surface area contributed by atoms with Gasteiger partial charge < -0.3 is 10.2 Å². The second kappa shape index (κ2) is 6.83. The molecule has 0 radical (unpaired) electrons. The van der Waals surface area contributed by atoms with Crippen LogP contribution in [0.4, 0.5) is 18.9 Å². The Kier molecular flexibility index (Phi) is 5.63. The van der Waals surface area contributed by atoms with Crippen LogP contribution in [-0.2, 0) is 6.18 Å². The Morgan fingerprint density at radius 2 is 1.95 bits per heavy atom. The first-order valence-electron chi connectivity index (χ1n) is 6.81. The summed E-state index contributed by atoms with van der Waals surface area (Å²) in [6, 6.07) is 3.16. The van der Waals surface area contributed by atoms with E-state index in [2.05, 4.69) is 5.32 Å². The SMILES string of the molecule is CNc1ccc(C(F)(F)F)cc1C(=O)N(C)CCC(C)C. The highest BCUT2D eigenvalue weighted by Crippen LogP contribution is 2.32. The molecule has 6 heteroatoms. The summed E-state index contributed by atoms with van der Waals surface area (Å²) >= 11 is 0. The molecule has 0 bridgehead atoms. The van der Waals surface area contributed by atoms with E-state index in [4.69, 9.17) is 0 Å². The molecule has 1 N–H and O–H groups in total. The highest BCUT2D eigenvalue weighted by molar-refractivity contribution is 5.99. The topological polar surface area (TPSA) is 32.3 Å². The number of benzene rings is 1. The fraction of sp³-hybridized carbons (Fsp3) is 0.533. The van der Waals surface area contributed by atoms with Crippen LogP contribution in [0.15, 0.2) is 18.2 Å². The van der Waals surface area contributed by atoms with Crippen molar-refractivity contribution < 1.29 is 18.0 Å². The highest BCUT2D eigenvalue weighted by atomic mass is 19.4. The Morgan fingerprint density at radius 3 is 2.43 bits per heavy atom. The van der Waals surface area contributed by atoms with Crippen LogP contribution in [0.5, 0.6) is 0 Å². The summed E-state index contributed by atoms with van der Waals surface area (Å²) in [5.74, 6) is 0.0108. The molecule has 0 unspecified atom stereocenters. The van der Waals surface area contributed by atoms with Gasteiger partial charge in [0, 0.05) is 26.3 Å². The van der Waals surface area contributed by atoms with Gasteiger partial charge in [0.05, 0.1) is 11.1 Å². The Balaban J connectivity index is 3.06. The molecular weight excluding hydrogens is 281 g/mol. The number of halogens is 3. The van der Waals surface area contributed by atoms with Crippen molar-refractivity contribution in [1.82, 2.24) is 4.90 Å². The highest BCUT2D eigenvalue weighted by Gasteiger charge is 2.32. The maximum atomic E-state index is 12.8. The molecule has 1 aromatic rings. The van der Waals surface area contributed by atoms with Gasteiger partial charge in [-0.1, -0.05) is 13.8 Å². The number of nitrogens with one attached hydrogen (secondary N) is 1. The average Bonchev–Trinajstić information content (AvgIpc) is 2.42. The minimum atomic E-state index is -4.46. The van der Waals surface area contributed by atoms with Crippen LogP contribution in [0, 0.1) is 5.92 Å². The first-order chi connectivity index (χ1) is 9.66. The summed E-state index contributed by atoms with van der Waals surface area (Å²) < 4.78 is 38.3. The molecule has 0 aliphatic carbocycles. The average molecular weight is 302 g/mol. The van der Waals surface area contributed by atoms with E-state index in [0.717, 1.165) is 18.6 Å². The lowest BCUT2D eigenvalue weighted by Gasteiger charge is -2.21. The van der Waals surface area contributed by atoms with Crippen LogP contribution in [0.1, 0.15) is 36.2 Å². The summed E-state index contributed by atoms with van der Waals surface area (Å²) in [5.41, 5.74) is -0.384. The van der Waals surface area contributed by atoms with E-state index in [1.165, 1.54) is 11.0 Å². The first kappa shape index (κ1) is 17.3. The predicted molar refractivity (Wildman–Crippen MR) is 77.4 cm³/mol. The van der Waals surface area contributed by atoms with Crippen LogP contribution in [0.2, 0.25) is 0 Å². The van der Waals surface area contributed by atoms with Crippen molar-refractivity contribution in [1.29, 1.82) is 0 Å². The van der Waals surface area contributed by atoms with Gasteiger partial charge in [-0.2, -0.15) is 13.2 Å². The molecule has 0 atom stereocenters. The van der Waals surface area contributed by atoms with E-state index >= 15 is 0 Å². The van der Waals surface area contributed by atoms with Gasteiger partial charge in [-0.3, -0.25) is 4.79 Å². The Bertz CT molecular complexity index is 498. The van der Waals surface area contributed by atoms with Gasteiger partial charge in [0.1, 0.15) is 0 Å². The molecule has 1 aromatic carbocycles. The Hall–Kier alpha value is -1.72. The van der Waals surface area contributed by atoms with E-state index in [1.807, 2.05) is 13.8 Å². The van der Waals surface area contributed by atoms with Crippen molar-refractivity contribution >= 4 is 11.6 Å². The third-order valence-corrected chi connectivity index (χ3v) is 3.24. The zero-order valence-electron chi connectivity index (χ0n) is 12.7. The number of hydrogen-bond donors (Lipinski definition) is 1. The minimum Gasteiger partial charge on any atom is -0.387 e. The maximum Gasteiger partial charge on any atom is 0.416 e. The molecule has 1 amide bonds. The van der Waals surface area contributed by atoms with Crippen LogP contribution in [0.3, 0.4) is 0 Å². The first-order valence-corrected chi connectivity index (χ1v) is 6.81. The molecule has 1 rings (SSSR count). The van der Waals surface area contributed by atoms with E-state index in [1.54, 1.807) is 14.1 Å². The molecule has 0 fully saturated rings. The zero-order valence-corrected chi connectivity index (χ0v) is 12.7. The van der Waals surface area contributed by atoms with Crippen LogP contribution in [-0.4, -0.2) is 31.4 Å². The molecule has 0 spiro atoms. The molecule has 0 saturated heterocycles. The molecule has 0 heterocycles. The van der Waals surface area contributed by atoms with Gasteiger partial charge in [0.2, 0.25) is 0 Å². The lowest BCUT2D eigenvalue weighted by atomic mass is 10.1. The number of nitrogens with zero attached hydrogens (tertiary/aromatic N) is 1. The van der Waals surface area contributed by atoms with E-state index in [0.29, 0.717) is 18.2 Å². The van der Waals surface area contributed by atoms with Crippen molar-refractivity contribution in [2.75, 3.05) is 26.0 Å². The van der Waals surface area contributed by atoms with Crippen LogP contribution < -0.4 is 5.32 Å². The van der Waals surface area contributed by atoms with Gasteiger partial charge in [-0.15, -0.1) is 0 Å². The number of anilines is 1. The van der Waals surface area contributed by atoms with Crippen molar-refractivity contribution in [3.63, 3.8) is 0 Å². The third-order valence-electron chi connectivity index (χ3n) is 3.24. The molecule has 0 aromatic heterocycles. The summed E-state index contributed by atoms with van der Waals surface area (Å²) in [5, 5.41) is 2.76. The van der Waals surface area contributed by atoms with Crippen molar-refractivity contribution in [2.24, 2.45) is 5.92 Å². The lowest BCUT2D eigenvalue weighted by molar-refractivity contribution is -0.137. The Labute approximate surface area is 123 Å². The van der Waals surface area contributed by atoms with Crippen molar-refractivity contribution in [3.05, 3.63) is 29.3 Å². The van der Waals surface area contributed by atoms with Crippen molar-refractivity contribution in [3.8, 4) is 0 Å². The zero-order chi connectivity index (χ0) is 16.2. The molecule has 0 aliphatic rings. The van der Waals surface area contributed by atoms with Gasteiger partial charge in [0.25, 0.3) is 5.91 Å². The van der Waals surface area contributed by atoms with Gasteiger partial charge in [-0.05, 0) is 30.5 Å². The standard InChI is InChI=1S/C15H21F3N2O/c1-10(2)7-8-20(4)14(21)12-9-11(15(16,17)18)5-6-13(12)19-3/h5-6,9-10,19H,7-8H2,1-4H3. The molecule has 3 nitrogen and oxygen atoms in total. The monoisotopic (exact) mass is 302 g/mol. The number of rotatable bonds is 5. The second-order valence-corrected chi connectivity index (χ2v) is 5.42. The number of amides is 1. The molecule has 21 heavy (non-hydrogen) atoms.